The maximum atomic E-state index is 12.9. The van der Waals surface area contributed by atoms with Crippen molar-refractivity contribution in [1.82, 2.24) is 0 Å². The van der Waals surface area contributed by atoms with Gasteiger partial charge < -0.3 is 15.0 Å². The van der Waals surface area contributed by atoms with Gasteiger partial charge in [-0.1, -0.05) is 30.3 Å². The van der Waals surface area contributed by atoms with Crippen LogP contribution in [0.1, 0.15) is 10.4 Å². The molecule has 0 saturated carbocycles. The standard InChI is InChI=1S/C23H22N4O2/c28-23(21-8-4-5-9-22(21)27-14-16-29-17-15-27)24-18-10-12-20(13-11-18)26-25-19-6-2-1-3-7-19/h1-13H,14-17H2,(H,24,28). The van der Waals surface area contributed by atoms with Gasteiger partial charge >= 0.3 is 0 Å². The summed E-state index contributed by atoms with van der Waals surface area (Å²) in [5.74, 6) is -0.134. The number of amides is 1. The molecule has 1 aliphatic rings. The summed E-state index contributed by atoms with van der Waals surface area (Å²) in [6.45, 7) is 2.92. The molecule has 0 atom stereocenters. The van der Waals surface area contributed by atoms with E-state index in [0.717, 1.165) is 30.2 Å². The van der Waals surface area contributed by atoms with Gasteiger partial charge in [-0.3, -0.25) is 4.79 Å². The largest absolute Gasteiger partial charge is 0.378 e. The number of hydrogen-bond acceptors (Lipinski definition) is 5. The molecule has 0 unspecified atom stereocenters. The van der Waals surface area contributed by atoms with Gasteiger partial charge in [0, 0.05) is 24.5 Å². The number of carbonyl (C=O) groups is 1. The summed E-state index contributed by atoms with van der Waals surface area (Å²) in [5, 5.41) is 11.4. The van der Waals surface area contributed by atoms with Crippen molar-refractivity contribution in [3.8, 4) is 0 Å². The SMILES string of the molecule is O=C(Nc1ccc(N=Nc2ccccc2)cc1)c1ccccc1N1CCOCC1. The van der Waals surface area contributed by atoms with Gasteiger partial charge in [-0.2, -0.15) is 10.2 Å². The van der Waals surface area contributed by atoms with E-state index in [2.05, 4.69) is 20.4 Å². The van der Waals surface area contributed by atoms with Crippen LogP contribution in [-0.2, 0) is 4.74 Å². The van der Waals surface area contributed by atoms with Crippen LogP contribution in [0.5, 0.6) is 0 Å². The van der Waals surface area contributed by atoms with Crippen LogP contribution in [0, 0.1) is 0 Å². The van der Waals surface area contributed by atoms with Crippen molar-refractivity contribution in [3.63, 3.8) is 0 Å². The van der Waals surface area contributed by atoms with E-state index in [-0.39, 0.29) is 5.91 Å². The Morgan fingerprint density at radius 3 is 2.14 bits per heavy atom. The number of nitrogens with one attached hydrogen (secondary N) is 1. The number of hydrogen-bond donors (Lipinski definition) is 1. The molecule has 1 fully saturated rings. The van der Waals surface area contributed by atoms with E-state index in [4.69, 9.17) is 4.74 Å². The van der Waals surface area contributed by atoms with Crippen molar-refractivity contribution in [2.24, 2.45) is 10.2 Å². The zero-order valence-corrected chi connectivity index (χ0v) is 16.0. The Morgan fingerprint density at radius 1 is 0.793 bits per heavy atom. The third kappa shape index (κ3) is 4.86. The van der Waals surface area contributed by atoms with Crippen LogP contribution in [0.3, 0.4) is 0 Å². The van der Waals surface area contributed by atoms with Gasteiger partial charge in [-0.15, -0.1) is 0 Å². The van der Waals surface area contributed by atoms with Crippen LogP contribution in [0.15, 0.2) is 89.1 Å². The van der Waals surface area contributed by atoms with Gasteiger partial charge in [-0.25, -0.2) is 0 Å². The minimum Gasteiger partial charge on any atom is -0.378 e. The van der Waals surface area contributed by atoms with Crippen LogP contribution < -0.4 is 10.2 Å². The van der Waals surface area contributed by atoms with E-state index < -0.39 is 0 Å². The third-order valence-corrected chi connectivity index (χ3v) is 4.66. The Kier molecular flexibility index (Phi) is 5.92. The highest BCUT2D eigenvalue weighted by molar-refractivity contribution is 6.08. The first-order chi connectivity index (χ1) is 14.3. The summed E-state index contributed by atoms with van der Waals surface area (Å²) in [6.07, 6.45) is 0. The Balaban J connectivity index is 1.44. The fourth-order valence-corrected chi connectivity index (χ4v) is 3.17. The molecule has 6 heteroatoms. The van der Waals surface area contributed by atoms with Crippen LogP contribution in [0.4, 0.5) is 22.7 Å². The number of morpholine rings is 1. The highest BCUT2D eigenvalue weighted by Crippen LogP contribution is 2.24. The number of ether oxygens (including phenoxy) is 1. The Labute approximate surface area is 169 Å². The average molecular weight is 386 g/mol. The molecule has 0 spiro atoms. The van der Waals surface area contributed by atoms with Gasteiger partial charge in [0.25, 0.3) is 5.91 Å². The quantitative estimate of drug-likeness (QED) is 0.614. The van der Waals surface area contributed by atoms with Gasteiger partial charge in [0.1, 0.15) is 0 Å². The third-order valence-electron chi connectivity index (χ3n) is 4.66. The van der Waals surface area contributed by atoms with Crippen molar-refractivity contribution in [2.45, 2.75) is 0 Å². The summed E-state index contributed by atoms with van der Waals surface area (Å²) in [4.78, 5) is 15.0. The summed E-state index contributed by atoms with van der Waals surface area (Å²) < 4.78 is 5.42. The molecule has 3 aromatic carbocycles. The maximum Gasteiger partial charge on any atom is 0.257 e. The predicted molar refractivity (Wildman–Crippen MR) is 114 cm³/mol. The van der Waals surface area contributed by atoms with Crippen molar-refractivity contribution in [3.05, 3.63) is 84.4 Å². The van der Waals surface area contributed by atoms with Gasteiger partial charge in [0.2, 0.25) is 0 Å². The van der Waals surface area contributed by atoms with E-state index in [1.54, 1.807) is 0 Å². The van der Waals surface area contributed by atoms with Crippen molar-refractivity contribution in [1.29, 1.82) is 0 Å². The highest BCUT2D eigenvalue weighted by atomic mass is 16.5. The fourth-order valence-electron chi connectivity index (χ4n) is 3.17. The van der Waals surface area contributed by atoms with Crippen LogP contribution >= 0.6 is 0 Å². The first-order valence-corrected chi connectivity index (χ1v) is 9.59. The van der Waals surface area contributed by atoms with E-state index >= 15 is 0 Å². The number of rotatable bonds is 5. The molecule has 29 heavy (non-hydrogen) atoms. The van der Waals surface area contributed by atoms with Gasteiger partial charge in [-0.05, 0) is 48.5 Å². The molecule has 146 valence electrons. The summed E-state index contributed by atoms with van der Waals surface area (Å²) >= 11 is 0. The lowest BCUT2D eigenvalue weighted by Gasteiger charge is -2.30. The molecule has 3 aromatic rings. The minimum atomic E-state index is -0.134. The highest BCUT2D eigenvalue weighted by Gasteiger charge is 2.18. The monoisotopic (exact) mass is 386 g/mol. The molecular formula is C23H22N4O2. The second-order valence-electron chi connectivity index (χ2n) is 6.65. The van der Waals surface area contributed by atoms with E-state index in [9.17, 15) is 4.79 Å². The normalized spacial score (nSPS) is 14.1. The zero-order valence-electron chi connectivity index (χ0n) is 16.0. The van der Waals surface area contributed by atoms with Gasteiger partial charge in [0.15, 0.2) is 0 Å². The average Bonchev–Trinajstić information content (AvgIpc) is 2.80. The number of benzene rings is 3. The van der Waals surface area contributed by atoms with Crippen molar-refractivity contribution >= 4 is 28.7 Å². The molecule has 6 nitrogen and oxygen atoms in total. The number of azo groups is 1. The van der Waals surface area contributed by atoms with Crippen LogP contribution in [0.25, 0.3) is 0 Å². The second kappa shape index (κ2) is 9.12. The molecule has 0 bridgehead atoms. The number of para-hydroxylation sites is 1. The lowest BCUT2D eigenvalue weighted by atomic mass is 10.1. The second-order valence-corrected chi connectivity index (χ2v) is 6.65. The molecule has 4 rings (SSSR count). The van der Waals surface area contributed by atoms with Crippen LogP contribution in [-0.4, -0.2) is 32.2 Å². The molecule has 1 heterocycles. The molecule has 1 N–H and O–H groups in total. The molecule has 1 amide bonds. The maximum absolute atomic E-state index is 12.9. The first kappa shape index (κ1) is 18.8. The lowest BCUT2D eigenvalue weighted by molar-refractivity contribution is 0.102. The van der Waals surface area contributed by atoms with E-state index in [1.807, 2.05) is 78.9 Å². The zero-order chi connectivity index (χ0) is 19.9. The smallest absolute Gasteiger partial charge is 0.257 e. The molecule has 0 radical (unpaired) electrons. The van der Waals surface area contributed by atoms with E-state index in [0.29, 0.717) is 24.5 Å². The summed E-state index contributed by atoms with van der Waals surface area (Å²) in [7, 11) is 0. The molecule has 1 aliphatic heterocycles. The molecular weight excluding hydrogens is 364 g/mol. The summed E-state index contributed by atoms with van der Waals surface area (Å²) in [6, 6.07) is 24.5. The molecule has 1 saturated heterocycles. The van der Waals surface area contributed by atoms with Crippen molar-refractivity contribution < 1.29 is 9.53 Å². The van der Waals surface area contributed by atoms with E-state index in [1.165, 1.54) is 0 Å². The predicted octanol–water partition coefficient (Wildman–Crippen LogP) is 5.19. The first-order valence-electron chi connectivity index (χ1n) is 9.59. The minimum absolute atomic E-state index is 0.134. The Hall–Kier alpha value is -3.51. The van der Waals surface area contributed by atoms with Gasteiger partial charge in [0.05, 0.1) is 30.2 Å². The molecule has 0 aliphatic carbocycles. The Bertz CT molecular complexity index is 981. The number of nitrogens with zero attached hydrogens (tertiary/aromatic N) is 3. The van der Waals surface area contributed by atoms with Crippen LogP contribution in [0.2, 0.25) is 0 Å². The Morgan fingerprint density at radius 2 is 1.41 bits per heavy atom. The van der Waals surface area contributed by atoms with Crippen molar-refractivity contribution in [2.75, 3.05) is 36.5 Å². The number of anilines is 2. The number of carbonyl (C=O) groups excluding carboxylic acids is 1. The molecule has 0 aromatic heterocycles. The fraction of sp³-hybridized carbons (Fsp3) is 0.174. The lowest BCUT2D eigenvalue weighted by Crippen LogP contribution is -2.37. The topological polar surface area (TPSA) is 66.3 Å². The summed E-state index contributed by atoms with van der Waals surface area (Å²) in [5.41, 5.74) is 3.82.